The first kappa shape index (κ1) is 11.5. The maximum atomic E-state index is 5.64. The molecule has 0 radical (unpaired) electrons. The molecule has 0 bridgehead atoms. The number of rotatable bonds is 5. The number of nitrogens with one attached hydrogen (secondary N) is 1. The van der Waals surface area contributed by atoms with Crippen molar-refractivity contribution in [2.24, 2.45) is 0 Å². The summed E-state index contributed by atoms with van der Waals surface area (Å²) in [6.45, 7) is 4.16. The monoisotopic (exact) mass is 219 g/mol. The molecule has 0 aliphatic carbocycles. The quantitative estimate of drug-likeness (QED) is 0.767. The Morgan fingerprint density at radius 1 is 1.31 bits per heavy atom. The molecule has 1 N–H and O–H groups in total. The molecule has 0 spiro atoms. The van der Waals surface area contributed by atoms with Gasteiger partial charge in [0.15, 0.2) is 0 Å². The summed E-state index contributed by atoms with van der Waals surface area (Å²) in [4.78, 5) is 0. The molecule has 0 unspecified atom stereocenters. The van der Waals surface area contributed by atoms with Crippen LogP contribution in [0, 0.1) is 0 Å². The molecule has 16 heavy (non-hydrogen) atoms. The van der Waals surface area contributed by atoms with E-state index < -0.39 is 0 Å². The Balaban J connectivity index is 1.88. The van der Waals surface area contributed by atoms with Crippen LogP contribution in [0.2, 0.25) is 0 Å². The van der Waals surface area contributed by atoms with Gasteiger partial charge in [0.25, 0.3) is 0 Å². The fourth-order valence-electron chi connectivity index (χ4n) is 2.10. The van der Waals surface area contributed by atoms with Crippen LogP contribution < -0.4 is 10.1 Å². The molecular weight excluding hydrogens is 198 g/mol. The number of unbranched alkanes of at least 4 members (excludes halogenated alkanes) is 1. The van der Waals surface area contributed by atoms with Crippen molar-refractivity contribution >= 4 is 0 Å². The molecule has 2 heteroatoms. The highest BCUT2D eigenvalue weighted by Gasteiger charge is 2.15. The predicted octanol–water partition coefficient (Wildman–Crippen LogP) is 3.29. The van der Waals surface area contributed by atoms with E-state index in [2.05, 4.69) is 36.5 Å². The number of benzene rings is 1. The summed E-state index contributed by atoms with van der Waals surface area (Å²) in [5.74, 6) is 0.996. The molecule has 0 amide bonds. The van der Waals surface area contributed by atoms with Crippen LogP contribution in [0.15, 0.2) is 24.3 Å². The lowest BCUT2D eigenvalue weighted by molar-refractivity contribution is 0.309. The third kappa shape index (κ3) is 2.99. The van der Waals surface area contributed by atoms with Gasteiger partial charge in [-0.2, -0.15) is 0 Å². The van der Waals surface area contributed by atoms with E-state index in [1.54, 1.807) is 0 Å². The van der Waals surface area contributed by atoms with Crippen LogP contribution in [0.1, 0.15) is 44.2 Å². The lowest BCUT2D eigenvalue weighted by Gasteiger charge is -2.11. The van der Waals surface area contributed by atoms with Crippen LogP contribution in [0.4, 0.5) is 0 Å². The van der Waals surface area contributed by atoms with Crippen molar-refractivity contribution in [2.75, 3.05) is 13.2 Å². The predicted molar refractivity (Wildman–Crippen MR) is 66.8 cm³/mol. The molecule has 0 saturated carbocycles. The lowest BCUT2D eigenvalue weighted by Crippen LogP contribution is -2.12. The van der Waals surface area contributed by atoms with Gasteiger partial charge in [-0.3, -0.25) is 0 Å². The first-order chi connectivity index (χ1) is 7.90. The third-order valence-corrected chi connectivity index (χ3v) is 3.11. The molecule has 1 aliphatic rings. The van der Waals surface area contributed by atoms with Crippen molar-refractivity contribution in [3.8, 4) is 5.75 Å². The fourth-order valence-corrected chi connectivity index (χ4v) is 2.10. The smallest absolute Gasteiger partial charge is 0.119 e. The number of hydrogen-bond acceptors (Lipinski definition) is 2. The van der Waals surface area contributed by atoms with Gasteiger partial charge in [-0.1, -0.05) is 25.5 Å². The third-order valence-electron chi connectivity index (χ3n) is 3.11. The molecule has 1 aromatic carbocycles. The van der Waals surface area contributed by atoms with E-state index in [0.29, 0.717) is 6.04 Å². The van der Waals surface area contributed by atoms with Crippen molar-refractivity contribution < 1.29 is 4.74 Å². The summed E-state index contributed by atoms with van der Waals surface area (Å²) >= 11 is 0. The highest BCUT2D eigenvalue weighted by Crippen LogP contribution is 2.24. The Morgan fingerprint density at radius 2 is 2.12 bits per heavy atom. The van der Waals surface area contributed by atoms with Crippen LogP contribution in [0.3, 0.4) is 0 Å². The molecular formula is C14H21NO. The summed E-state index contributed by atoms with van der Waals surface area (Å²) in [5.41, 5.74) is 1.39. The van der Waals surface area contributed by atoms with Gasteiger partial charge in [-0.15, -0.1) is 0 Å². The second-order valence-electron chi connectivity index (χ2n) is 4.42. The van der Waals surface area contributed by atoms with Gasteiger partial charge in [0.05, 0.1) is 6.61 Å². The van der Waals surface area contributed by atoms with Crippen LogP contribution in [-0.4, -0.2) is 13.2 Å². The van der Waals surface area contributed by atoms with Crippen molar-refractivity contribution in [1.29, 1.82) is 0 Å². The fraction of sp³-hybridized carbons (Fsp3) is 0.571. The zero-order valence-electron chi connectivity index (χ0n) is 10.0. The van der Waals surface area contributed by atoms with Gasteiger partial charge >= 0.3 is 0 Å². The minimum atomic E-state index is 0.560. The SMILES string of the molecule is CCCCOc1ccc([C@H]2CCCN2)cc1. The van der Waals surface area contributed by atoms with Gasteiger partial charge in [-0.05, 0) is 43.5 Å². The Hall–Kier alpha value is -1.02. The van der Waals surface area contributed by atoms with Crippen LogP contribution in [0.5, 0.6) is 5.75 Å². The average molecular weight is 219 g/mol. The van der Waals surface area contributed by atoms with Crippen LogP contribution in [-0.2, 0) is 0 Å². The number of ether oxygens (including phenoxy) is 1. The minimum absolute atomic E-state index is 0.560. The zero-order chi connectivity index (χ0) is 11.2. The highest BCUT2D eigenvalue weighted by atomic mass is 16.5. The second kappa shape index (κ2) is 5.90. The summed E-state index contributed by atoms with van der Waals surface area (Å²) in [7, 11) is 0. The molecule has 1 aromatic rings. The van der Waals surface area contributed by atoms with Gasteiger partial charge in [0.1, 0.15) is 5.75 Å². The van der Waals surface area contributed by atoms with Gasteiger partial charge in [0, 0.05) is 6.04 Å². The normalized spacial score (nSPS) is 19.9. The van der Waals surface area contributed by atoms with Crippen LogP contribution >= 0.6 is 0 Å². The second-order valence-corrected chi connectivity index (χ2v) is 4.42. The molecule has 88 valence electrons. The topological polar surface area (TPSA) is 21.3 Å². The Morgan fingerprint density at radius 3 is 2.75 bits per heavy atom. The standard InChI is InChI=1S/C14H21NO/c1-2-3-11-16-13-8-6-12(7-9-13)14-5-4-10-15-14/h6-9,14-15H,2-5,10-11H2,1H3/t14-/m1/s1. The zero-order valence-corrected chi connectivity index (χ0v) is 10.0. The Kier molecular flexibility index (Phi) is 4.23. The minimum Gasteiger partial charge on any atom is -0.494 e. The maximum Gasteiger partial charge on any atom is 0.119 e. The van der Waals surface area contributed by atoms with E-state index in [1.165, 1.54) is 24.8 Å². The van der Waals surface area contributed by atoms with E-state index >= 15 is 0 Å². The molecule has 1 aliphatic heterocycles. The molecule has 1 saturated heterocycles. The molecule has 1 atom stereocenters. The lowest BCUT2D eigenvalue weighted by atomic mass is 10.1. The largest absolute Gasteiger partial charge is 0.494 e. The van der Waals surface area contributed by atoms with Crippen molar-refractivity contribution in [3.05, 3.63) is 29.8 Å². The molecule has 1 fully saturated rings. The Bertz CT molecular complexity index is 301. The van der Waals surface area contributed by atoms with Crippen LogP contribution in [0.25, 0.3) is 0 Å². The van der Waals surface area contributed by atoms with E-state index in [1.807, 2.05) is 0 Å². The first-order valence-corrected chi connectivity index (χ1v) is 6.36. The van der Waals surface area contributed by atoms with Gasteiger partial charge < -0.3 is 10.1 Å². The summed E-state index contributed by atoms with van der Waals surface area (Å²) in [5, 5.41) is 3.50. The summed E-state index contributed by atoms with van der Waals surface area (Å²) in [6, 6.07) is 9.11. The average Bonchev–Trinajstić information content (AvgIpc) is 2.84. The van der Waals surface area contributed by atoms with E-state index in [9.17, 15) is 0 Å². The molecule has 2 rings (SSSR count). The van der Waals surface area contributed by atoms with E-state index in [0.717, 1.165) is 25.3 Å². The van der Waals surface area contributed by atoms with E-state index in [4.69, 9.17) is 4.74 Å². The van der Waals surface area contributed by atoms with Gasteiger partial charge in [-0.25, -0.2) is 0 Å². The maximum absolute atomic E-state index is 5.64. The molecule has 2 nitrogen and oxygen atoms in total. The van der Waals surface area contributed by atoms with Crippen molar-refractivity contribution in [3.63, 3.8) is 0 Å². The highest BCUT2D eigenvalue weighted by molar-refractivity contribution is 5.29. The first-order valence-electron chi connectivity index (χ1n) is 6.36. The summed E-state index contributed by atoms with van der Waals surface area (Å²) in [6.07, 6.45) is 4.87. The molecule has 1 heterocycles. The molecule has 0 aromatic heterocycles. The van der Waals surface area contributed by atoms with E-state index in [-0.39, 0.29) is 0 Å². The van der Waals surface area contributed by atoms with Crippen molar-refractivity contribution in [1.82, 2.24) is 5.32 Å². The Labute approximate surface area is 98.0 Å². The van der Waals surface area contributed by atoms with Gasteiger partial charge in [0.2, 0.25) is 0 Å². The van der Waals surface area contributed by atoms with Crippen molar-refractivity contribution in [2.45, 2.75) is 38.6 Å². The number of hydrogen-bond donors (Lipinski definition) is 1. The summed E-state index contributed by atoms with van der Waals surface area (Å²) < 4.78 is 5.64.